The number of rotatable bonds is 5. The first kappa shape index (κ1) is 11.2. The van der Waals surface area contributed by atoms with E-state index in [1.54, 1.807) is 25.3 Å². The Morgan fingerprint density at radius 3 is 3.20 bits per heavy atom. The summed E-state index contributed by atoms with van der Waals surface area (Å²) in [6, 6.07) is 3.48. The van der Waals surface area contributed by atoms with Crippen LogP contribution < -0.4 is 5.32 Å². The van der Waals surface area contributed by atoms with Crippen LogP contribution in [0.5, 0.6) is 0 Å². The molecular formula is C10H13N3O2. The molecule has 15 heavy (non-hydrogen) atoms. The molecule has 0 amide bonds. The molecule has 0 atom stereocenters. The van der Waals surface area contributed by atoms with Gasteiger partial charge in [-0.05, 0) is 19.1 Å². The van der Waals surface area contributed by atoms with Crippen LogP contribution in [0.15, 0.2) is 18.3 Å². The molecule has 0 radical (unpaired) electrons. The van der Waals surface area contributed by atoms with E-state index in [0.717, 1.165) is 0 Å². The van der Waals surface area contributed by atoms with E-state index in [0.29, 0.717) is 18.0 Å². The molecule has 0 fully saturated rings. The Kier molecular flexibility index (Phi) is 4.28. The van der Waals surface area contributed by atoms with Gasteiger partial charge in [0.1, 0.15) is 12.4 Å². The summed E-state index contributed by atoms with van der Waals surface area (Å²) in [6.45, 7) is 2.17. The molecule has 5 heteroatoms. The molecule has 0 spiro atoms. The van der Waals surface area contributed by atoms with Crippen molar-refractivity contribution in [2.24, 2.45) is 0 Å². The second kappa shape index (κ2) is 5.74. The van der Waals surface area contributed by atoms with Crippen LogP contribution in [-0.4, -0.2) is 30.3 Å². The van der Waals surface area contributed by atoms with Gasteiger partial charge in [0.15, 0.2) is 0 Å². The molecular weight excluding hydrogens is 194 g/mol. The lowest BCUT2D eigenvalue weighted by molar-refractivity contribution is -0.140. The van der Waals surface area contributed by atoms with Gasteiger partial charge in [0, 0.05) is 18.0 Å². The predicted octanol–water partition coefficient (Wildman–Crippen LogP) is 1.05. The third-order valence-corrected chi connectivity index (χ3v) is 1.70. The molecule has 2 N–H and O–H groups in total. The van der Waals surface area contributed by atoms with Gasteiger partial charge in [-0.3, -0.25) is 4.79 Å². The monoisotopic (exact) mass is 207 g/mol. The maximum atomic E-state index is 11.0. The quantitative estimate of drug-likeness (QED) is 0.559. The molecule has 0 unspecified atom stereocenters. The van der Waals surface area contributed by atoms with E-state index < -0.39 is 0 Å². The van der Waals surface area contributed by atoms with Crippen molar-refractivity contribution in [1.29, 1.82) is 5.41 Å². The van der Waals surface area contributed by atoms with Crippen LogP contribution in [0, 0.1) is 5.41 Å². The number of esters is 1. The van der Waals surface area contributed by atoms with E-state index in [9.17, 15) is 4.79 Å². The molecule has 1 heterocycles. The second-order valence-electron chi connectivity index (χ2n) is 2.74. The molecule has 80 valence electrons. The van der Waals surface area contributed by atoms with Crippen LogP contribution in [0.2, 0.25) is 0 Å². The zero-order valence-corrected chi connectivity index (χ0v) is 8.49. The summed E-state index contributed by atoms with van der Waals surface area (Å²) in [5.74, 6) is 0.180. The Balaban J connectivity index is 2.57. The van der Waals surface area contributed by atoms with Crippen molar-refractivity contribution < 1.29 is 9.53 Å². The first-order valence-corrected chi connectivity index (χ1v) is 4.63. The SMILES string of the molecule is CCOC(=O)CNc1ncccc1C=N. The number of hydrogen-bond acceptors (Lipinski definition) is 5. The van der Waals surface area contributed by atoms with Gasteiger partial charge in [-0.15, -0.1) is 0 Å². The fourth-order valence-corrected chi connectivity index (χ4v) is 1.05. The van der Waals surface area contributed by atoms with Crippen LogP contribution in [0.3, 0.4) is 0 Å². The van der Waals surface area contributed by atoms with Gasteiger partial charge in [-0.2, -0.15) is 0 Å². The Hall–Kier alpha value is -1.91. The fraction of sp³-hybridized carbons (Fsp3) is 0.300. The van der Waals surface area contributed by atoms with Crippen molar-refractivity contribution in [2.45, 2.75) is 6.92 Å². The molecule has 0 bridgehead atoms. The zero-order valence-electron chi connectivity index (χ0n) is 8.49. The number of carbonyl (C=O) groups is 1. The van der Waals surface area contributed by atoms with E-state index >= 15 is 0 Å². The summed E-state index contributed by atoms with van der Waals surface area (Å²) < 4.78 is 4.75. The largest absolute Gasteiger partial charge is 0.465 e. The molecule has 1 aromatic rings. The first-order valence-electron chi connectivity index (χ1n) is 4.63. The van der Waals surface area contributed by atoms with Gasteiger partial charge in [-0.1, -0.05) is 0 Å². The molecule has 0 aliphatic rings. The molecule has 0 saturated carbocycles. The number of anilines is 1. The maximum absolute atomic E-state index is 11.0. The summed E-state index contributed by atoms with van der Waals surface area (Å²) in [5, 5.41) is 9.94. The van der Waals surface area contributed by atoms with Crippen molar-refractivity contribution in [3.63, 3.8) is 0 Å². The zero-order chi connectivity index (χ0) is 11.1. The summed E-state index contributed by atoms with van der Waals surface area (Å²) in [5.41, 5.74) is 0.641. The van der Waals surface area contributed by atoms with E-state index in [2.05, 4.69) is 10.3 Å². The number of hydrogen-bond donors (Lipinski definition) is 2. The summed E-state index contributed by atoms with van der Waals surface area (Å²) in [4.78, 5) is 15.1. The van der Waals surface area contributed by atoms with Gasteiger partial charge in [0.25, 0.3) is 0 Å². The molecule has 0 saturated heterocycles. The smallest absolute Gasteiger partial charge is 0.325 e. The van der Waals surface area contributed by atoms with Crippen LogP contribution >= 0.6 is 0 Å². The molecule has 1 aromatic heterocycles. The van der Waals surface area contributed by atoms with Crippen molar-refractivity contribution in [3.05, 3.63) is 23.9 Å². The van der Waals surface area contributed by atoms with E-state index in [-0.39, 0.29) is 12.5 Å². The number of ether oxygens (including phenoxy) is 1. The normalized spacial score (nSPS) is 9.40. The highest BCUT2D eigenvalue weighted by molar-refractivity contribution is 5.85. The minimum Gasteiger partial charge on any atom is -0.465 e. The van der Waals surface area contributed by atoms with Crippen molar-refractivity contribution >= 4 is 18.0 Å². The number of aromatic nitrogens is 1. The highest BCUT2D eigenvalue weighted by Gasteiger charge is 2.04. The Bertz CT molecular complexity index is 352. The van der Waals surface area contributed by atoms with Crippen LogP contribution in [0.25, 0.3) is 0 Å². The average molecular weight is 207 g/mol. The summed E-state index contributed by atoms with van der Waals surface area (Å²) in [7, 11) is 0. The third kappa shape index (κ3) is 3.38. The topological polar surface area (TPSA) is 75.1 Å². The maximum Gasteiger partial charge on any atom is 0.325 e. The highest BCUT2D eigenvalue weighted by atomic mass is 16.5. The molecule has 0 aliphatic heterocycles. The summed E-state index contributed by atoms with van der Waals surface area (Å²) in [6.07, 6.45) is 2.78. The van der Waals surface area contributed by atoms with Crippen LogP contribution in [0.1, 0.15) is 12.5 Å². The summed E-state index contributed by atoms with van der Waals surface area (Å²) >= 11 is 0. The highest BCUT2D eigenvalue weighted by Crippen LogP contribution is 2.07. The fourth-order valence-electron chi connectivity index (χ4n) is 1.05. The van der Waals surface area contributed by atoms with Crippen LogP contribution in [0.4, 0.5) is 5.82 Å². The Labute approximate surface area is 88.0 Å². The van der Waals surface area contributed by atoms with Crippen molar-refractivity contribution in [2.75, 3.05) is 18.5 Å². The van der Waals surface area contributed by atoms with Gasteiger partial charge in [-0.25, -0.2) is 4.98 Å². The third-order valence-electron chi connectivity index (χ3n) is 1.70. The van der Waals surface area contributed by atoms with E-state index in [1.807, 2.05) is 0 Å². The number of nitrogens with one attached hydrogen (secondary N) is 2. The average Bonchev–Trinajstić information content (AvgIpc) is 2.27. The lowest BCUT2D eigenvalue weighted by atomic mass is 10.3. The minimum atomic E-state index is -0.334. The van der Waals surface area contributed by atoms with Crippen molar-refractivity contribution in [1.82, 2.24) is 4.98 Å². The lowest BCUT2D eigenvalue weighted by Gasteiger charge is -2.06. The Morgan fingerprint density at radius 2 is 2.53 bits per heavy atom. The van der Waals surface area contributed by atoms with Gasteiger partial charge in [0.05, 0.1) is 6.61 Å². The molecule has 5 nitrogen and oxygen atoms in total. The van der Waals surface area contributed by atoms with E-state index in [1.165, 1.54) is 6.21 Å². The van der Waals surface area contributed by atoms with E-state index in [4.69, 9.17) is 10.1 Å². The number of pyridine rings is 1. The van der Waals surface area contributed by atoms with Gasteiger partial charge < -0.3 is 15.5 Å². The first-order chi connectivity index (χ1) is 7.27. The van der Waals surface area contributed by atoms with Gasteiger partial charge >= 0.3 is 5.97 Å². The molecule has 1 rings (SSSR count). The second-order valence-corrected chi connectivity index (χ2v) is 2.74. The Morgan fingerprint density at radius 1 is 1.73 bits per heavy atom. The number of nitrogens with zero attached hydrogens (tertiary/aromatic N) is 1. The van der Waals surface area contributed by atoms with Gasteiger partial charge in [0.2, 0.25) is 0 Å². The minimum absolute atomic E-state index is 0.0612. The standard InChI is InChI=1S/C10H13N3O2/c1-2-15-9(14)7-13-10-8(6-11)4-3-5-12-10/h3-6,11H,2,7H2,1H3,(H,12,13). The molecule has 0 aliphatic carbocycles. The predicted molar refractivity (Wildman–Crippen MR) is 57.2 cm³/mol. The number of carbonyl (C=O) groups excluding carboxylic acids is 1. The molecule has 0 aromatic carbocycles. The van der Waals surface area contributed by atoms with Crippen LogP contribution in [-0.2, 0) is 9.53 Å². The lowest BCUT2D eigenvalue weighted by Crippen LogP contribution is -2.18. The van der Waals surface area contributed by atoms with Crippen molar-refractivity contribution in [3.8, 4) is 0 Å².